The normalized spacial score (nSPS) is 10.1. The van der Waals surface area contributed by atoms with Crippen LogP contribution in [-0.4, -0.2) is 42.4 Å². The van der Waals surface area contributed by atoms with Crippen molar-refractivity contribution in [3.8, 4) is 0 Å². The number of amidine groups is 1. The average Bonchev–Trinajstić information content (AvgIpc) is 2.29. The summed E-state index contributed by atoms with van der Waals surface area (Å²) in [4.78, 5) is 1.86. The van der Waals surface area contributed by atoms with E-state index in [1.807, 2.05) is 17.0 Å². The third-order valence-electron chi connectivity index (χ3n) is 2.28. The summed E-state index contributed by atoms with van der Waals surface area (Å²) < 4.78 is 0. The second-order valence-corrected chi connectivity index (χ2v) is 3.39. The van der Waals surface area contributed by atoms with Crippen LogP contribution in [-0.2, 0) is 0 Å². The van der Waals surface area contributed by atoms with Gasteiger partial charge in [0.25, 0.3) is 0 Å². The van der Waals surface area contributed by atoms with E-state index in [0.29, 0.717) is 18.7 Å². The minimum Gasteiger partial charge on any atom is -0.395 e. The monoisotopic (exact) mass is 223 g/mol. The van der Waals surface area contributed by atoms with Gasteiger partial charge in [0.2, 0.25) is 0 Å². The van der Waals surface area contributed by atoms with Gasteiger partial charge >= 0.3 is 0 Å². The summed E-state index contributed by atoms with van der Waals surface area (Å²) in [6.45, 7) is 1.02. The zero-order valence-corrected chi connectivity index (χ0v) is 9.06. The minimum atomic E-state index is 0.0300. The summed E-state index contributed by atoms with van der Waals surface area (Å²) in [6, 6.07) is 7.14. The van der Waals surface area contributed by atoms with Gasteiger partial charge in [-0.25, -0.2) is 0 Å². The standard InChI is InChI=1S/C11H17N3O2/c12-11(13)9-1-3-10(4-2-9)14(5-7-15)6-8-16/h1-4,15-16H,5-8H2,(H3,12,13). The Morgan fingerprint density at radius 1 is 1.12 bits per heavy atom. The van der Waals surface area contributed by atoms with E-state index in [-0.39, 0.29) is 19.0 Å². The Morgan fingerprint density at radius 3 is 2.00 bits per heavy atom. The van der Waals surface area contributed by atoms with E-state index in [0.717, 1.165) is 5.69 Å². The van der Waals surface area contributed by atoms with E-state index in [1.165, 1.54) is 0 Å². The van der Waals surface area contributed by atoms with Crippen LogP contribution in [0, 0.1) is 5.41 Å². The second kappa shape index (κ2) is 6.09. The van der Waals surface area contributed by atoms with E-state index >= 15 is 0 Å². The average molecular weight is 223 g/mol. The first kappa shape index (κ1) is 12.5. The fourth-order valence-corrected chi connectivity index (χ4v) is 1.46. The Hall–Kier alpha value is -1.59. The van der Waals surface area contributed by atoms with Gasteiger partial charge in [-0.2, -0.15) is 0 Å². The molecule has 0 spiro atoms. The molecule has 0 unspecified atom stereocenters. The summed E-state index contributed by atoms with van der Waals surface area (Å²) in [7, 11) is 0. The van der Waals surface area contributed by atoms with Crippen molar-refractivity contribution in [1.29, 1.82) is 5.41 Å². The zero-order valence-electron chi connectivity index (χ0n) is 9.06. The summed E-state index contributed by atoms with van der Waals surface area (Å²) in [5.41, 5.74) is 6.91. The lowest BCUT2D eigenvalue weighted by Crippen LogP contribution is -2.29. The predicted molar refractivity (Wildman–Crippen MR) is 63.8 cm³/mol. The van der Waals surface area contributed by atoms with Gasteiger partial charge in [0, 0.05) is 24.3 Å². The van der Waals surface area contributed by atoms with Crippen LogP contribution in [0.5, 0.6) is 0 Å². The van der Waals surface area contributed by atoms with Crippen LogP contribution in [0.15, 0.2) is 24.3 Å². The topological polar surface area (TPSA) is 93.6 Å². The fourth-order valence-electron chi connectivity index (χ4n) is 1.46. The molecule has 0 atom stereocenters. The lowest BCUT2D eigenvalue weighted by molar-refractivity contribution is 0.281. The van der Waals surface area contributed by atoms with Crippen molar-refractivity contribution in [2.45, 2.75) is 0 Å². The smallest absolute Gasteiger partial charge is 0.122 e. The van der Waals surface area contributed by atoms with Crippen molar-refractivity contribution >= 4 is 11.5 Å². The highest BCUT2D eigenvalue weighted by atomic mass is 16.3. The molecule has 0 fully saturated rings. The number of rotatable bonds is 6. The van der Waals surface area contributed by atoms with Crippen LogP contribution in [0.25, 0.3) is 0 Å². The number of nitrogens with two attached hydrogens (primary N) is 1. The van der Waals surface area contributed by atoms with Crippen LogP contribution in [0.2, 0.25) is 0 Å². The molecule has 0 radical (unpaired) electrons. The fraction of sp³-hybridized carbons (Fsp3) is 0.364. The van der Waals surface area contributed by atoms with E-state index < -0.39 is 0 Å². The molecule has 0 saturated heterocycles. The zero-order chi connectivity index (χ0) is 12.0. The largest absolute Gasteiger partial charge is 0.395 e. The number of nitrogen functional groups attached to an aromatic ring is 1. The van der Waals surface area contributed by atoms with Gasteiger partial charge in [0.1, 0.15) is 5.84 Å². The molecule has 5 heteroatoms. The van der Waals surface area contributed by atoms with Gasteiger partial charge in [0.15, 0.2) is 0 Å². The highest BCUT2D eigenvalue weighted by molar-refractivity contribution is 5.95. The van der Waals surface area contributed by atoms with E-state index in [1.54, 1.807) is 12.1 Å². The van der Waals surface area contributed by atoms with Crippen molar-refractivity contribution in [3.05, 3.63) is 29.8 Å². The quantitative estimate of drug-likeness (QED) is 0.395. The van der Waals surface area contributed by atoms with Crippen LogP contribution >= 0.6 is 0 Å². The lowest BCUT2D eigenvalue weighted by atomic mass is 10.2. The molecule has 16 heavy (non-hydrogen) atoms. The predicted octanol–water partition coefficient (Wildman–Crippen LogP) is -0.238. The maximum atomic E-state index is 8.89. The Kier molecular flexibility index (Phi) is 4.75. The molecule has 0 bridgehead atoms. The molecule has 1 aromatic carbocycles. The SMILES string of the molecule is N=C(N)c1ccc(N(CCO)CCO)cc1. The molecule has 0 aliphatic carbocycles. The summed E-state index contributed by atoms with van der Waals surface area (Å²) >= 11 is 0. The highest BCUT2D eigenvalue weighted by Crippen LogP contribution is 2.14. The second-order valence-electron chi connectivity index (χ2n) is 3.39. The first-order valence-electron chi connectivity index (χ1n) is 5.10. The van der Waals surface area contributed by atoms with Crippen molar-refractivity contribution in [1.82, 2.24) is 0 Å². The molecule has 0 amide bonds. The molecule has 0 aliphatic heterocycles. The molecule has 88 valence electrons. The van der Waals surface area contributed by atoms with Crippen molar-refractivity contribution < 1.29 is 10.2 Å². The lowest BCUT2D eigenvalue weighted by Gasteiger charge is -2.23. The first-order valence-corrected chi connectivity index (χ1v) is 5.10. The van der Waals surface area contributed by atoms with Gasteiger partial charge in [-0.15, -0.1) is 0 Å². The van der Waals surface area contributed by atoms with E-state index in [9.17, 15) is 0 Å². The van der Waals surface area contributed by atoms with Crippen molar-refractivity contribution in [2.24, 2.45) is 5.73 Å². The molecule has 0 aliphatic rings. The maximum absolute atomic E-state index is 8.89. The van der Waals surface area contributed by atoms with Gasteiger partial charge < -0.3 is 20.8 Å². The van der Waals surface area contributed by atoms with Crippen molar-refractivity contribution in [3.63, 3.8) is 0 Å². The highest BCUT2D eigenvalue weighted by Gasteiger charge is 2.05. The van der Waals surface area contributed by atoms with E-state index in [2.05, 4.69) is 0 Å². The van der Waals surface area contributed by atoms with Crippen LogP contribution in [0.4, 0.5) is 5.69 Å². The molecule has 5 N–H and O–H groups in total. The summed E-state index contributed by atoms with van der Waals surface area (Å²) in [6.07, 6.45) is 0. The van der Waals surface area contributed by atoms with Gasteiger partial charge in [-0.05, 0) is 24.3 Å². The number of hydrogen-bond donors (Lipinski definition) is 4. The van der Waals surface area contributed by atoms with Crippen molar-refractivity contribution in [2.75, 3.05) is 31.2 Å². The third kappa shape index (κ3) is 3.22. The Labute approximate surface area is 94.6 Å². The number of anilines is 1. The molecule has 1 aromatic rings. The summed E-state index contributed by atoms with van der Waals surface area (Å²) in [5, 5.41) is 25.0. The number of hydrogen-bond acceptors (Lipinski definition) is 4. The Bertz CT molecular complexity index is 332. The number of aliphatic hydroxyl groups excluding tert-OH is 2. The molecule has 0 aromatic heterocycles. The third-order valence-corrected chi connectivity index (χ3v) is 2.28. The molecule has 0 heterocycles. The first-order chi connectivity index (χ1) is 7.69. The molecule has 1 rings (SSSR count). The van der Waals surface area contributed by atoms with Gasteiger partial charge in [0.05, 0.1) is 13.2 Å². The van der Waals surface area contributed by atoms with Gasteiger partial charge in [-0.3, -0.25) is 5.41 Å². The van der Waals surface area contributed by atoms with E-state index in [4.69, 9.17) is 21.4 Å². The van der Waals surface area contributed by atoms with Crippen LogP contribution < -0.4 is 10.6 Å². The molecule has 5 nitrogen and oxygen atoms in total. The molecular weight excluding hydrogens is 206 g/mol. The minimum absolute atomic E-state index is 0.0300. The summed E-state index contributed by atoms with van der Waals surface area (Å²) in [5.74, 6) is 0.0300. The maximum Gasteiger partial charge on any atom is 0.122 e. The number of nitrogens with zero attached hydrogens (tertiary/aromatic N) is 1. The van der Waals surface area contributed by atoms with Gasteiger partial charge in [-0.1, -0.05) is 0 Å². The number of nitrogens with one attached hydrogen (secondary N) is 1. The Morgan fingerprint density at radius 2 is 1.62 bits per heavy atom. The van der Waals surface area contributed by atoms with Crippen LogP contribution in [0.3, 0.4) is 0 Å². The Balaban J connectivity index is 2.80. The van der Waals surface area contributed by atoms with Crippen LogP contribution in [0.1, 0.15) is 5.56 Å². The number of aliphatic hydroxyl groups is 2. The molecule has 0 saturated carbocycles. The number of benzene rings is 1. The molecular formula is C11H17N3O2.